The second-order valence-corrected chi connectivity index (χ2v) is 5.98. The van der Waals surface area contributed by atoms with E-state index in [4.69, 9.17) is 0 Å². The Labute approximate surface area is 108 Å². The Morgan fingerprint density at radius 3 is 2.50 bits per heavy atom. The van der Waals surface area contributed by atoms with Crippen LogP contribution in [0.25, 0.3) is 0 Å². The Kier molecular flexibility index (Phi) is 3.37. The molecule has 1 atom stereocenters. The molecule has 0 aromatic heterocycles. The average Bonchev–Trinajstić information content (AvgIpc) is 2.93. The third kappa shape index (κ3) is 2.44. The van der Waals surface area contributed by atoms with E-state index in [0.29, 0.717) is 6.42 Å². The molecular formula is C14H22N2O2. The maximum atomic E-state index is 12.2. The molecule has 1 saturated heterocycles. The van der Waals surface area contributed by atoms with Gasteiger partial charge in [-0.15, -0.1) is 0 Å². The van der Waals surface area contributed by atoms with Crippen LogP contribution in [0.2, 0.25) is 0 Å². The lowest BCUT2D eigenvalue weighted by atomic mass is 10.2. The van der Waals surface area contributed by atoms with E-state index < -0.39 is 0 Å². The first kappa shape index (κ1) is 12.2. The molecule has 18 heavy (non-hydrogen) atoms. The van der Waals surface area contributed by atoms with Crippen LogP contribution < -0.4 is 5.32 Å². The first-order chi connectivity index (χ1) is 8.75. The van der Waals surface area contributed by atoms with Crippen molar-refractivity contribution in [2.75, 3.05) is 6.54 Å². The highest BCUT2D eigenvalue weighted by Gasteiger charge is 2.42. The first-order valence-electron chi connectivity index (χ1n) is 7.35. The van der Waals surface area contributed by atoms with E-state index in [9.17, 15) is 9.59 Å². The van der Waals surface area contributed by atoms with E-state index >= 15 is 0 Å². The van der Waals surface area contributed by atoms with E-state index in [1.165, 1.54) is 12.8 Å². The molecule has 2 aliphatic carbocycles. The zero-order chi connectivity index (χ0) is 12.5. The van der Waals surface area contributed by atoms with Gasteiger partial charge in [0.25, 0.3) is 0 Å². The third-order valence-corrected chi connectivity index (χ3v) is 4.51. The first-order valence-corrected chi connectivity index (χ1v) is 7.35. The molecule has 3 rings (SSSR count). The zero-order valence-corrected chi connectivity index (χ0v) is 10.9. The summed E-state index contributed by atoms with van der Waals surface area (Å²) in [6, 6.07) is -0.0444. The highest BCUT2D eigenvalue weighted by Crippen LogP contribution is 2.32. The monoisotopic (exact) mass is 250 g/mol. The molecule has 4 heteroatoms. The number of amides is 2. The minimum Gasteiger partial charge on any atom is -0.305 e. The Morgan fingerprint density at radius 2 is 1.83 bits per heavy atom. The summed E-state index contributed by atoms with van der Waals surface area (Å²) in [6.45, 7) is 0.882. The van der Waals surface area contributed by atoms with Gasteiger partial charge in [0, 0.05) is 6.04 Å². The lowest BCUT2D eigenvalue weighted by Gasteiger charge is -2.22. The van der Waals surface area contributed by atoms with Gasteiger partial charge in [0.1, 0.15) is 0 Å². The van der Waals surface area contributed by atoms with Crippen LogP contribution in [0.3, 0.4) is 0 Å². The van der Waals surface area contributed by atoms with Crippen LogP contribution >= 0.6 is 0 Å². The summed E-state index contributed by atoms with van der Waals surface area (Å²) in [5, 5.41) is 3.27. The Bertz CT molecular complexity index is 346. The van der Waals surface area contributed by atoms with Crippen molar-refractivity contribution in [3.63, 3.8) is 0 Å². The number of nitrogens with one attached hydrogen (secondary N) is 1. The van der Waals surface area contributed by atoms with E-state index in [0.717, 1.165) is 44.6 Å². The van der Waals surface area contributed by atoms with Gasteiger partial charge in [0.2, 0.25) is 11.8 Å². The fraction of sp³-hybridized carbons (Fsp3) is 0.857. The summed E-state index contributed by atoms with van der Waals surface area (Å²) in [5.41, 5.74) is 0. The van der Waals surface area contributed by atoms with Gasteiger partial charge in [-0.2, -0.15) is 0 Å². The second-order valence-electron chi connectivity index (χ2n) is 5.98. The van der Waals surface area contributed by atoms with E-state index in [1.807, 2.05) is 0 Å². The Morgan fingerprint density at radius 1 is 1.11 bits per heavy atom. The molecule has 0 aromatic carbocycles. The number of carbonyl (C=O) groups excluding carboxylic acids is 2. The molecule has 4 nitrogen and oxygen atoms in total. The maximum Gasteiger partial charge on any atom is 0.247 e. The van der Waals surface area contributed by atoms with Crippen molar-refractivity contribution < 1.29 is 9.59 Å². The van der Waals surface area contributed by atoms with Crippen molar-refractivity contribution in [2.45, 2.75) is 63.5 Å². The summed E-state index contributed by atoms with van der Waals surface area (Å²) < 4.78 is 0. The largest absolute Gasteiger partial charge is 0.305 e. The van der Waals surface area contributed by atoms with Crippen molar-refractivity contribution in [2.24, 2.45) is 5.92 Å². The predicted molar refractivity (Wildman–Crippen MR) is 67.9 cm³/mol. The lowest BCUT2D eigenvalue weighted by molar-refractivity contribution is -0.141. The molecule has 0 radical (unpaired) electrons. The molecule has 0 spiro atoms. The number of rotatable bonds is 5. The van der Waals surface area contributed by atoms with Gasteiger partial charge in [0.05, 0.1) is 12.5 Å². The molecule has 0 aromatic rings. The van der Waals surface area contributed by atoms with Crippen LogP contribution in [0.4, 0.5) is 0 Å². The third-order valence-electron chi connectivity index (χ3n) is 4.51. The zero-order valence-electron chi connectivity index (χ0n) is 10.9. The summed E-state index contributed by atoms with van der Waals surface area (Å²) in [4.78, 5) is 25.8. The summed E-state index contributed by atoms with van der Waals surface area (Å²) in [6.07, 6.45) is 8.53. The van der Waals surface area contributed by atoms with Crippen molar-refractivity contribution >= 4 is 11.8 Å². The van der Waals surface area contributed by atoms with Crippen LogP contribution in [0, 0.1) is 5.92 Å². The fourth-order valence-electron chi connectivity index (χ4n) is 3.22. The molecule has 1 aliphatic heterocycles. The Balaban J connectivity index is 1.53. The standard InChI is InChI=1S/C14H22N2O2/c17-13-9-12(15-8-7-10-5-6-10)14(18)16(13)11-3-1-2-4-11/h10-12,15H,1-9H2. The van der Waals surface area contributed by atoms with Gasteiger partial charge in [-0.3, -0.25) is 14.5 Å². The van der Waals surface area contributed by atoms with Gasteiger partial charge in [-0.25, -0.2) is 0 Å². The molecule has 2 saturated carbocycles. The van der Waals surface area contributed by atoms with E-state index in [-0.39, 0.29) is 23.9 Å². The van der Waals surface area contributed by atoms with Crippen LogP contribution in [-0.2, 0) is 9.59 Å². The van der Waals surface area contributed by atoms with Crippen LogP contribution in [0.1, 0.15) is 51.4 Å². The minimum atomic E-state index is -0.239. The van der Waals surface area contributed by atoms with Gasteiger partial charge >= 0.3 is 0 Å². The molecule has 100 valence electrons. The van der Waals surface area contributed by atoms with Gasteiger partial charge in [-0.1, -0.05) is 25.7 Å². The number of nitrogens with zero attached hydrogens (tertiary/aromatic N) is 1. The van der Waals surface area contributed by atoms with Crippen LogP contribution in [0.5, 0.6) is 0 Å². The van der Waals surface area contributed by atoms with Crippen molar-refractivity contribution in [3.05, 3.63) is 0 Å². The molecule has 3 fully saturated rings. The van der Waals surface area contributed by atoms with Gasteiger partial charge < -0.3 is 5.32 Å². The van der Waals surface area contributed by atoms with Crippen molar-refractivity contribution in [1.82, 2.24) is 10.2 Å². The molecule has 1 heterocycles. The fourth-order valence-corrected chi connectivity index (χ4v) is 3.22. The molecule has 3 aliphatic rings. The maximum absolute atomic E-state index is 12.2. The normalized spacial score (nSPS) is 29.6. The minimum absolute atomic E-state index is 0.0303. The molecule has 0 bridgehead atoms. The SMILES string of the molecule is O=C1CC(NCCC2CC2)C(=O)N1C1CCCC1. The van der Waals surface area contributed by atoms with Gasteiger partial charge in [0.15, 0.2) is 0 Å². The van der Waals surface area contributed by atoms with E-state index in [2.05, 4.69) is 5.32 Å². The summed E-state index contributed by atoms with van der Waals surface area (Å²) >= 11 is 0. The van der Waals surface area contributed by atoms with Crippen molar-refractivity contribution in [1.29, 1.82) is 0 Å². The molecule has 2 amide bonds. The predicted octanol–water partition coefficient (Wildman–Crippen LogP) is 1.45. The number of hydrogen-bond donors (Lipinski definition) is 1. The number of likely N-dealkylation sites (tertiary alicyclic amines) is 1. The quantitative estimate of drug-likeness (QED) is 0.751. The van der Waals surface area contributed by atoms with E-state index in [1.54, 1.807) is 4.90 Å². The molecule has 1 unspecified atom stereocenters. The number of carbonyl (C=O) groups is 2. The van der Waals surface area contributed by atoms with Crippen molar-refractivity contribution in [3.8, 4) is 0 Å². The smallest absolute Gasteiger partial charge is 0.247 e. The summed E-state index contributed by atoms with van der Waals surface area (Å²) in [7, 11) is 0. The van der Waals surface area contributed by atoms with Crippen LogP contribution in [0.15, 0.2) is 0 Å². The van der Waals surface area contributed by atoms with Gasteiger partial charge in [-0.05, 0) is 31.7 Å². The lowest BCUT2D eigenvalue weighted by Crippen LogP contribution is -2.43. The highest BCUT2D eigenvalue weighted by molar-refractivity contribution is 6.05. The number of hydrogen-bond acceptors (Lipinski definition) is 3. The highest BCUT2D eigenvalue weighted by atomic mass is 16.2. The topological polar surface area (TPSA) is 49.4 Å². The molecule has 1 N–H and O–H groups in total. The molecular weight excluding hydrogens is 228 g/mol. The summed E-state index contributed by atoms with van der Waals surface area (Å²) in [5.74, 6) is 0.939. The average molecular weight is 250 g/mol. The number of imide groups is 1. The Hall–Kier alpha value is -0.900. The second kappa shape index (κ2) is 5.00. The van der Waals surface area contributed by atoms with Crippen LogP contribution in [-0.4, -0.2) is 35.3 Å².